The average molecular weight is 247 g/mol. The summed E-state index contributed by atoms with van der Waals surface area (Å²) in [7, 11) is 0. The van der Waals surface area contributed by atoms with E-state index >= 15 is 0 Å². The minimum atomic E-state index is 0.283. The topological polar surface area (TPSA) is 53.9 Å². The molecule has 0 amide bonds. The van der Waals surface area contributed by atoms with Gasteiger partial charge < -0.3 is 9.73 Å². The standard InChI is InChI=1S/C14H21N3O/c1-10-5-6-12(18-10)13-11(8-16-17-13)7-15-9-14(2,3)4/h5-6,8,15H,7,9H2,1-4H3,(H,16,17). The smallest absolute Gasteiger partial charge is 0.152 e. The Bertz CT molecular complexity index is 505. The van der Waals surface area contributed by atoms with Crippen molar-refractivity contribution in [3.8, 4) is 11.5 Å². The van der Waals surface area contributed by atoms with Crippen LogP contribution >= 0.6 is 0 Å². The van der Waals surface area contributed by atoms with Crippen LogP contribution in [0.3, 0.4) is 0 Å². The van der Waals surface area contributed by atoms with Gasteiger partial charge in [-0.15, -0.1) is 0 Å². The predicted octanol–water partition coefficient (Wildman–Crippen LogP) is 3.11. The van der Waals surface area contributed by atoms with Gasteiger partial charge in [0, 0.05) is 18.7 Å². The van der Waals surface area contributed by atoms with Gasteiger partial charge in [0.2, 0.25) is 0 Å². The second kappa shape index (κ2) is 4.98. The van der Waals surface area contributed by atoms with Crippen LogP contribution in [0, 0.1) is 12.3 Å². The summed E-state index contributed by atoms with van der Waals surface area (Å²) in [5, 5.41) is 10.5. The van der Waals surface area contributed by atoms with E-state index in [1.807, 2.05) is 25.3 Å². The number of hydrogen-bond donors (Lipinski definition) is 2. The fourth-order valence-electron chi connectivity index (χ4n) is 1.80. The van der Waals surface area contributed by atoms with E-state index in [4.69, 9.17) is 4.42 Å². The van der Waals surface area contributed by atoms with Gasteiger partial charge in [-0.1, -0.05) is 20.8 Å². The van der Waals surface area contributed by atoms with Crippen molar-refractivity contribution in [1.82, 2.24) is 15.5 Å². The molecule has 4 nitrogen and oxygen atoms in total. The molecule has 0 aliphatic rings. The predicted molar refractivity (Wildman–Crippen MR) is 72.2 cm³/mol. The minimum Gasteiger partial charge on any atom is -0.460 e. The molecule has 0 radical (unpaired) electrons. The van der Waals surface area contributed by atoms with Crippen molar-refractivity contribution in [3.63, 3.8) is 0 Å². The molecule has 0 aliphatic heterocycles. The molecule has 0 saturated carbocycles. The Morgan fingerprint density at radius 2 is 2.11 bits per heavy atom. The molecule has 0 aromatic carbocycles. The van der Waals surface area contributed by atoms with Crippen LogP contribution in [0.1, 0.15) is 32.1 Å². The molecule has 0 bridgehead atoms. The molecule has 4 heteroatoms. The lowest BCUT2D eigenvalue weighted by Crippen LogP contribution is -2.26. The van der Waals surface area contributed by atoms with Crippen molar-refractivity contribution < 1.29 is 4.42 Å². The van der Waals surface area contributed by atoms with Crippen molar-refractivity contribution in [3.05, 3.63) is 29.7 Å². The third-order valence-electron chi connectivity index (χ3n) is 2.68. The molecule has 2 heterocycles. The number of nitrogens with one attached hydrogen (secondary N) is 2. The van der Waals surface area contributed by atoms with Gasteiger partial charge in [-0.05, 0) is 24.5 Å². The molecule has 0 aliphatic carbocycles. The highest BCUT2D eigenvalue weighted by Gasteiger charge is 2.13. The van der Waals surface area contributed by atoms with Gasteiger partial charge in [-0.25, -0.2) is 0 Å². The van der Waals surface area contributed by atoms with Gasteiger partial charge >= 0.3 is 0 Å². The molecule has 0 spiro atoms. The molecule has 2 aromatic rings. The lowest BCUT2D eigenvalue weighted by Gasteiger charge is -2.18. The van der Waals surface area contributed by atoms with E-state index in [2.05, 4.69) is 36.3 Å². The minimum absolute atomic E-state index is 0.283. The Labute approximate surface area is 108 Å². The summed E-state index contributed by atoms with van der Waals surface area (Å²) >= 11 is 0. The highest BCUT2D eigenvalue weighted by molar-refractivity contribution is 5.56. The van der Waals surface area contributed by atoms with Crippen LogP contribution < -0.4 is 5.32 Å². The molecule has 98 valence electrons. The van der Waals surface area contributed by atoms with Crippen LogP contribution in [0.4, 0.5) is 0 Å². The Hall–Kier alpha value is -1.55. The monoisotopic (exact) mass is 247 g/mol. The number of aryl methyl sites for hydroxylation is 1. The molecule has 2 aromatic heterocycles. The molecule has 2 N–H and O–H groups in total. The SMILES string of the molecule is Cc1ccc(-c2[nH]ncc2CNCC(C)(C)C)o1. The fourth-order valence-corrected chi connectivity index (χ4v) is 1.80. The summed E-state index contributed by atoms with van der Waals surface area (Å²) < 4.78 is 5.62. The van der Waals surface area contributed by atoms with Gasteiger partial charge in [0.05, 0.1) is 6.20 Å². The molecule has 2 rings (SSSR count). The summed E-state index contributed by atoms with van der Waals surface area (Å²) in [5.74, 6) is 1.76. The average Bonchev–Trinajstić information content (AvgIpc) is 2.84. The van der Waals surface area contributed by atoms with Crippen LogP contribution in [0.2, 0.25) is 0 Å². The number of aromatic nitrogens is 2. The van der Waals surface area contributed by atoms with Crippen LogP contribution in [0.25, 0.3) is 11.5 Å². The van der Waals surface area contributed by atoms with Crippen molar-refractivity contribution in [2.24, 2.45) is 5.41 Å². The highest BCUT2D eigenvalue weighted by atomic mass is 16.3. The van der Waals surface area contributed by atoms with Crippen molar-refractivity contribution >= 4 is 0 Å². The van der Waals surface area contributed by atoms with Gasteiger partial charge in [0.25, 0.3) is 0 Å². The molecular weight excluding hydrogens is 226 g/mol. The van der Waals surface area contributed by atoms with Crippen molar-refractivity contribution in [2.45, 2.75) is 34.2 Å². The molecule has 0 saturated heterocycles. The normalized spacial score (nSPS) is 12.0. The largest absolute Gasteiger partial charge is 0.460 e. The van der Waals surface area contributed by atoms with E-state index in [0.29, 0.717) is 0 Å². The van der Waals surface area contributed by atoms with E-state index in [-0.39, 0.29) is 5.41 Å². The van der Waals surface area contributed by atoms with E-state index in [0.717, 1.165) is 35.9 Å². The van der Waals surface area contributed by atoms with Gasteiger partial charge in [-0.3, -0.25) is 5.10 Å². The second-order valence-corrected chi connectivity index (χ2v) is 5.84. The zero-order valence-corrected chi connectivity index (χ0v) is 11.5. The molecule has 0 unspecified atom stereocenters. The fraction of sp³-hybridized carbons (Fsp3) is 0.500. The summed E-state index contributed by atoms with van der Waals surface area (Å²) in [5.41, 5.74) is 2.38. The Kier molecular flexibility index (Phi) is 3.57. The van der Waals surface area contributed by atoms with Crippen LogP contribution in [0.5, 0.6) is 0 Å². The van der Waals surface area contributed by atoms with E-state index in [1.165, 1.54) is 0 Å². The summed E-state index contributed by atoms with van der Waals surface area (Å²) in [4.78, 5) is 0. The first kappa shape index (κ1) is 12.9. The van der Waals surface area contributed by atoms with Crippen molar-refractivity contribution in [1.29, 1.82) is 0 Å². The maximum absolute atomic E-state index is 5.62. The maximum Gasteiger partial charge on any atom is 0.152 e. The maximum atomic E-state index is 5.62. The number of rotatable bonds is 4. The molecule has 0 fully saturated rings. The zero-order valence-electron chi connectivity index (χ0n) is 11.5. The highest BCUT2D eigenvalue weighted by Crippen LogP contribution is 2.23. The first-order valence-corrected chi connectivity index (χ1v) is 6.25. The lowest BCUT2D eigenvalue weighted by atomic mass is 9.97. The van der Waals surface area contributed by atoms with Crippen LogP contribution in [0.15, 0.2) is 22.7 Å². The summed E-state index contributed by atoms with van der Waals surface area (Å²) in [6.45, 7) is 10.3. The second-order valence-electron chi connectivity index (χ2n) is 5.84. The first-order valence-electron chi connectivity index (χ1n) is 6.25. The number of hydrogen-bond acceptors (Lipinski definition) is 3. The van der Waals surface area contributed by atoms with Gasteiger partial charge in [-0.2, -0.15) is 5.10 Å². The van der Waals surface area contributed by atoms with Crippen LogP contribution in [-0.2, 0) is 6.54 Å². The van der Waals surface area contributed by atoms with Gasteiger partial charge in [0.15, 0.2) is 5.76 Å². The Morgan fingerprint density at radius 1 is 1.33 bits per heavy atom. The Morgan fingerprint density at radius 3 is 2.72 bits per heavy atom. The summed E-state index contributed by atoms with van der Waals surface area (Å²) in [6, 6.07) is 3.93. The van der Waals surface area contributed by atoms with Crippen LogP contribution in [-0.4, -0.2) is 16.7 Å². The number of nitrogens with zero attached hydrogens (tertiary/aromatic N) is 1. The Balaban J connectivity index is 2.04. The lowest BCUT2D eigenvalue weighted by molar-refractivity contribution is 0.379. The number of H-pyrrole nitrogens is 1. The van der Waals surface area contributed by atoms with E-state index in [1.54, 1.807) is 0 Å². The third-order valence-corrected chi connectivity index (χ3v) is 2.68. The third kappa shape index (κ3) is 3.23. The number of furan rings is 1. The van der Waals surface area contributed by atoms with E-state index < -0.39 is 0 Å². The first-order chi connectivity index (χ1) is 8.46. The quantitative estimate of drug-likeness (QED) is 0.872. The van der Waals surface area contributed by atoms with Gasteiger partial charge in [0.1, 0.15) is 11.5 Å². The summed E-state index contributed by atoms with van der Waals surface area (Å²) in [6.07, 6.45) is 1.85. The molecule has 18 heavy (non-hydrogen) atoms. The van der Waals surface area contributed by atoms with E-state index in [9.17, 15) is 0 Å². The molecular formula is C14H21N3O. The zero-order chi connectivity index (χ0) is 13.2. The molecule has 0 atom stereocenters. The van der Waals surface area contributed by atoms with Crippen molar-refractivity contribution in [2.75, 3.05) is 6.54 Å². The number of aromatic amines is 1.